The van der Waals surface area contributed by atoms with Gasteiger partial charge in [0.1, 0.15) is 0 Å². The van der Waals surface area contributed by atoms with Gasteiger partial charge >= 0.3 is 0 Å². The van der Waals surface area contributed by atoms with Crippen molar-refractivity contribution in [3.8, 4) is 0 Å². The Morgan fingerprint density at radius 3 is 2.69 bits per heavy atom. The molecule has 0 aliphatic carbocycles. The Hall–Kier alpha value is -0.370. The van der Waals surface area contributed by atoms with Gasteiger partial charge in [-0.3, -0.25) is 4.39 Å². The average Bonchev–Trinajstić information content (AvgIpc) is 2.16. The molecular formula is C11H13BrF. The van der Waals surface area contributed by atoms with Gasteiger partial charge in [-0.2, -0.15) is 0 Å². The highest BCUT2D eigenvalue weighted by molar-refractivity contribution is 9.10. The van der Waals surface area contributed by atoms with Gasteiger partial charge in [-0.05, 0) is 30.5 Å². The normalized spacial score (nSPS) is 12.9. The van der Waals surface area contributed by atoms with E-state index < -0.39 is 6.67 Å². The largest absolute Gasteiger partial charge is 0.250 e. The highest BCUT2D eigenvalue weighted by Crippen LogP contribution is 2.23. The second-order valence-corrected chi connectivity index (χ2v) is 3.91. The van der Waals surface area contributed by atoms with Crippen molar-refractivity contribution in [1.82, 2.24) is 0 Å². The molecule has 0 aromatic heterocycles. The van der Waals surface area contributed by atoms with E-state index in [1.807, 2.05) is 18.2 Å². The molecule has 0 nitrogen and oxygen atoms in total. The molecule has 71 valence electrons. The molecule has 0 saturated heterocycles. The summed E-state index contributed by atoms with van der Waals surface area (Å²) in [5.41, 5.74) is 2.20. The average molecular weight is 244 g/mol. The van der Waals surface area contributed by atoms with E-state index in [2.05, 4.69) is 29.8 Å². The third kappa shape index (κ3) is 2.53. The summed E-state index contributed by atoms with van der Waals surface area (Å²) in [6, 6.07) is 5.92. The molecule has 0 bridgehead atoms. The zero-order chi connectivity index (χ0) is 9.84. The Kier molecular flexibility index (Phi) is 3.91. The van der Waals surface area contributed by atoms with E-state index in [1.165, 1.54) is 5.56 Å². The van der Waals surface area contributed by atoms with E-state index in [1.54, 1.807) is 0 Å². The van der Waals surface area contributed by atoms with E-state index in [0.29, 0.717) is 0 Å². The molecule has 0 spiro atoms. The molecule has 0 saturated carbocycles. The van der Waals surface area contributed by atoms with Gasteiger partial charge in [-0.25, -0.2) is 0 Å². The molecule has 0 heterocycles. The number of rotatable bonds is 3. The van der Waals surface area contributed by atoms with Crippen LogP contribution in [0.2, 0.25) is 0 Å². The number of benzene rings is 1. The number of aryl methyl sites for hydroxylation is 1. The maximum absolute atomic E-state index is 12.3. The quantitative estimate of drug-likeness (QED) is 0.756. The lowest BCUT2D eigenvalue weighted by molar-refractivity contribution is 0.465. The standard InChI is InChI=1S/C11H13BrF/c1-3-9-4-5-10(6-11(9)12)8(2)7-13/h4-6,8H,2-3,7H2,1H3. The van der Waals surface area contributed by atoms with Crippen LogP contribution in [0.3, 0.4) is 0 Å². The van der Waals surface area contributed by atoms with Crippen LogP contribution in [0, 0.1) is 6.92 Å². The third-order valence-corrected chi connectivity index (χ3v) is 2.85. The Balaban J connectivity index is 2.95. The lowest BCUT2D eigenvalue weighted by atomic mass is 10.0. The second kappa shape index (κ2) is 4.75. The number of alkyl halides is 1. The van der Waals surface area contributed by atoms with Crippen LogP contribution < -0.4 is 0 Å². The fraction of sp³-hybridized carbons (Fsp3) is 0.364. The molecule has 1 aromatic carbocycles. The first kappa shape index (κ1) is 10.7. The smallest absolute Gasteiger partial charge is 0.0962 e. The Bertz CT molecular complexity index is 283. The van der Waals surface area contributed by atoms with Crippen LogP contribution in [-0.2, 0) is 6.42 Å². The predicted molar refractivity (Wildman–Crippen MR) is 57.6 cm³/mol. The van der Waals surface area contributed by atoms with Crippen molar-refractivity contribution in [2.75, 3.05) is 6.67 Å². The maximum Gasteiger partial charge on any atom is 0.0962 e. The monoisotopic (exact) mass is 243 g/mol. The van der Waals surface area contributed by atoms with Gasteiger partial charge in [0.05, 0.1) is 6.67 Å². The SMILES string of the molecule is [CH2]C(CF)c1ccc(CC)c(Br)c1. The molecule has 0 aliphatic heterocycles. The van der Waals surface area contributed by atoms with E-state index >= 15 is 0 Å². The van der Waals surface area contributed by atoms with Crippen LogP contribution in [-0.4, -0.2) is 6.67 Å². The van der Waals surface area contributed by atoms with E-state index in [-0.39, 0.29) is 5.92 Å². The summed E-state index contributed by atoms with van der Waals surface area (Å²) in [6.07, 6.45) is 0.984. The highest BCUT2D eigenvalue weighted by Gasteiger charge is 2.06. The fourth-order valence-electron chi connectivity index (χ4n) is 1.19. The number of halogens is 2. The van der Waals surface area contributed by atoms with Crippen LogP contribution in [0.4, 0.5) is 4.39 Å². The van der Waals surface area contributed by atoms with E-state index in [9.17, 15) is 4.39 Å². The van der Waals surface area contributed by atoms with E-state index in [0.717, 1.165) is 16.5 Å². The topological polar surface area (TPSA) is 0 Å². The van der Waals surface area contributed by atoms with Gasteiger partial charge in [0.15, 0.2) is 0 Å². The molecule has 0 fully saturated rings. The Morgan fingerprint density at radius 2 is 2.23 bits per heavy atom. The molecule has 1 unspecified atom stereocenters. The highest BCUT2D eigenvalue weighted by atomic mass is 79.9. The minimum atomic E-state index is -0.405. The fourth-order valence-corrected chi connectivity index (χ4v) is 1.87. The maximum atomic E-state index is 12.3. The summed E-state index contributed by atoms with van der Waals surface area (Å²) in [7, 11) is 0. The minimum Gasteiger partial charge on any atom is -0.250 e. The molecule has 13 heavy (non-hydrogen) atoms. The molecule has 2 heteroatoms. The number of hydrogen-bond donors (Lipinski definition) is 0. The van der Waals surface area contributed by atoms with Crippen molar-refractivity contribution < 1.29 is 4.39 Å². The number of hydrogen-bond acceptors (Lipinski definition) is 0. The summed E-state index contributed by atoms with van der Waals surface area (Å²) in [6.45, 7) is 5.42. The molecule has 1 radical (unpaired) electrons. The van der Waals surface area contributed by atoms with Crippen molar-refractivity contribution >= 4 is 15.9 Å². The Labute approximate surface area is 87.3 Å². The summed E-state index contributed by atoms with van der Waals surface area (Å²) >= 11 is 3.45. The lowest BCUT2D eigenvalue weighted by Gasteiger charge is -2.09. The first-order valence-corrected chi connectivity index (χ1v) is 5.15. The minimum absolute atomic E-state index is 0.248. The Morgan fingerprint density at radius 1 is 1.54 bits per heavy atom. The van der Waals surface area contributed by atoms with Crippen LogP contribution in [0.1, 0.15) is 24.0 Å². The van der Waals surface area contributed by atoms with Gasteiger partial charge in [-0.15, -0.1) is 0 Å². The third-order valence-electron chi connectivity index (χ3n) is 2.12. The van der Waals surface area contributed by atoms with E-state index in [4.69, 9.17) is 0 Å². The van der Waals surface area contributed by atoms with Crippen molar-refractivity contribution in [2.45, 2.75) is 19.3 Å². The summed E-state index contributed by atoms with van der Waals surface area (Å²) < 4.78 is 13.4. The van der Waals surface area contributed by atoms with Gasteiger partial charge in [0.25, 0.3) is 0 Å². The molecule has 1 atom stereocenters. The van der Waals surface area contributed by atoms with Gasteiger partial charge in [0.2, 0.25) is 0 Å². The molecule has 0 amide bonds. The van der Waals surface area contributed by atoms with Crippen molar-refractivity contribution in [1.29, 1.82) is 0 Å². The summed E-state index contributed by atoms with van der Waals surface area (Å²) in [5.74, 6) is -0.248. The van der Waals surface area contributed by atoms with Crippen molar-refractivity contribution in [2.24, 2.45) is 0 Å². The first-order valence-electron chi connectivity index (χ1n) is 4.36. The van der Waals surface area contributed by atoms with Crippen molar-refractivity contribution in [3.63, 3.8) is 0 Å². The molecule has 0 N–H and O–H groups in total. The van der Waals surface area contributed by atoms with Gasteiger partial charge < -0.3 is 0 Å². The molecular weight excluding hydrogens is 231 g/mol. The molecule has 1 rings (SSSR count). The van der Waals surface area contributed by atoms with Crippen LogP contribution in [0.15, 0.2) is 22.7 Å². The van der Waals surface area contributed by atoms with Gasteiger partial charge in [0, 0.05) is 10.4 Å². The zero-order valence-electron chi connectivity index (χ0n) is 7.69. The van der Waals surface area contributed by atoms with Crippen LogP contribution in [0.5, 0.6) is 0 Å². The predicted octanol–water partition coefficient (Wildman–Crippen LogP) is 3.90. The first-order chi connectivity index (χ1) is 6.19. The molecule has 1 aromatic rings. The summed E-state index contributed by atoms with van der Waals surface area (Å²) in [5, 5.41) is 0. The lowest BCUT2D eigenvalue weighted by Crippen LogP contribution is -1.96. The van der Waals surface area contributed by atoms with Crippen LogP contribution in [0.25, 0.3) is 0 Å². The molecule has 0 aliphatic rings. The van der Waals surface area contributed by atoms with Crippen LogP contribution >= 0.6 is 15.9 Å². The van der Waals surface area contributed by atoms with Gasteiger partial charge in [-0.1, -0.05) is 35.0 Å². The summed E-state index contributed by atoms with van der Waals surface area (Å²) in [4.78, 5) is 0. The second-order valence-electron chi connectivity index (χ2n) is 3.06. The zero-order valence-corrected chi connectivity index (χ0v) is 9.27. The van der Waals surface area contributed by atoms with Crippen molar-refractivity contribution in [3.05, 3.63) is 40.7 Å².